The fraction of sp³-hybridized carbons (Fsp3) is 0.517. The fourth-order valence-electron chi connectivity index (χ4n) is 3.39. The molecule has 0 aliphatic carbocycles. The van der Waals surface area contributed by atoms with Gasteiger partial charge in [0.05, 0.1) is 16.8 Å². The van der Waals surface area contributed by atoms with Gasteiger partial charge in [-0.15, -0.1) is 0 Å². The van der Waals surface area contributed by atoms with Crippen molar-refractivity contribution in [2.24, 2.45) is 0 Å². The number of carbonyl (C=O) groups is 2. The molecule has 210 valence electrons. The van der Waals surface area contributed by atoms with Crippen LogP contribution in [0.5, 0.6) is 0 Å². The van der Waals surface area contributed by atoms with Gasteiger partial charge in [-0.2, -0.15) is 0 Å². The maximum atomic E-state index is 13.7. The first-order valence-corrected chi connectivity index (χ1v) is 14.4. The van der Waals surface area contributed by atoms with Crippen LogP contribution in [0.4, 0.5) is 4.79 Å². The van der Waals surface area contributed by atoms with Crippen LogP contribution >= 0.6 is 0 Å². The Morgan fingerprint density at radius 1 is 0.711 bits per heavy atom. The number of rotatable bonds is 10. The molecule has 0 fully saturated rings. The largest absolute Gasteiger partial charge is 0.752 e. The normalized spacial score (nSPS) is 13.5. The molecule has 0 bridgehead atoms. The van der Waals surface area contributed by atoms with Crippen molar-refractivity contribution in [2.45, 2.75) is 98.2 Å². The first kappa shape index (κ1) is 31.5. The highest BCUT2D eigenvalue weighted by atomic mass is 28.4. The fourth-order valence-corrected chi connectivity index (χ4v) is 6.28. The predicted molar refractivity (Wildman–Crippen MR) is 148 cm³/mol. The molecule has 0 saturated heterocycles. The molecule has 0 heterocycles. The summed E-state index contributed by atoms with van der Waals surface area (Å²) in [5, 5.41) is 2.67. The molecule has 0 aromatic heterocycles. The third kappa shape index (κ3) is 12.2. The Bertz CT molecular complexity index is 984. The van der Waals surface area contributed by atoms with E-state index in [4.69, 9.17) is 22.4 Å². The van der Waals surface area contributed by atoms with Crippen molar-refractivity contribution in [1.29, 1.82) is 0 Å². The van der Waals surface area contributed by atoms with E-state index in [9.17, 15) is 9.59 Å². The lowest BCUT2D eigenvalue weighted by atomic mass is 10.1. The number of ether oxygens (including phenoxy) is 1. The zero-order valence-electron chi connectivity index (χ0n) is 24.1. The zero-order chi connectivity index (χ0) is 28.6. The summed E-state index contributed by atoms with van der Waals surface area (Å²) in [6, 6.07) is 17.5. The monoisotopic (exact) mass is 545 g/mol. The molecule has 1 N–H and O–H groups in total. The number of carbonyl (C=O) groups excluding carboxylic acids is 2. The molecule has 9 heteroatoms. The van der Waals surface area contributed by atoms with E-state index in [2.05, 4.69) is 5.32 Å². The summed E-state index contributed by atoms with van der Waals surface area (Å²) in [6.07, 6.45) is -0.574. The van der Waals surface area contributed by atoms with Crippen LogP contribution in [0.25, 0.3) is 0 Å². The lowest BCUT2D eigenvalue weighted by molar-refractivity contribution is -0.163. The maximum absolute atomic E-state index is 13.7. The molecule has 1 atom stereocenters. The Morgan fingerprint density at radius 3 is 1.55 bits per heavy atom. The second-order valence-electron chi connectivity index (χ2n) is 12.0. The van der Waals surface area contributed by atoms with Crippen molar-refractivity contribution in [3.8, 4) is 0 Å². The van der Waals surface area contributed by atoms with Crippen molar-refractivity contribution in [2.75, 3.05) is 0 Å². The molecule has 2 aromatic carbocycles. The summed E-state index contributed by atoms with van der Waals surface area (Å²) < 4.78 is 30.2. The second kappa shape index (κ2) is 12.9. The first-order valence-electron chi connectivity index (χ1n) is 12.8. The highest BCUT2D eigenvalue weighted by molar-refractivity contribution is 6.56. The predicted octanol–water partition coefficient (Wildman–Crippen LogP) is 5.95. The zero-order valence-corrected chi connectivity index (χ0v) is 25.1. The summed E-state index contributed by atoms with van der Waals surface area (Å²) in [6.45, 7) is 16.6. The van der Waals surface area contributed by atoms with Gasteiger partial charge >= 0.3 is 21.1 Å². The van der Waals surface area contributed by atoms with E-state index in [0.717, 1.165) is 11.1 Å². The van der Waals surface area contributed by atoms with Crippen LogP contribution < -0.4 is 5.32 Å². The lowest BCUT2D eigenvalue weighted by Crippen LogP contribution is -2.62. The number of hydrogen-bond donors (Lipinski definition) is 1. The van der Waals surface area contributed by atoms with Crippen LogP contribution in [0.15, 0.2) is 60.7 Å². The third-order valence-corrected chi connectivity index (χ3v) is 7.63. The SMILES string of the molecule is CC(C)(C)O[Si](OC(=O)[C@H](Cc1ccccc1)NC(=O)OCc1ccccc1)(OC(C)(C)C)OC(C)(C)C. The second-order valence-corrected chi connectivity index (χ2v) is 13.8. The molecule has 2 rings (SSSR count). The van der Waals surface area contributed by atoms with Crippen LogP contribution in [-0.2, 0) is 40.3 Å². The molecule has 0 aliphatic rings. The van der Waals surface area contributed by atoms with E-state index < -0.39 is 44.0 Å². The Kier molecular flexibility index (Phi) is 10.7. The molecule has 0 radical (unpaired) electrons. The van der Waals surface area contributed by atoms with Gasteiger partial charge in [0.15, 0.2) is 0 Å². The summed E-state index contributed by atoms with van der Waals surface area (Å²) in [5.74, 6) is -0.741. The van der Waals surface area contributed by atoms with Crippen LogP contribution in [0.1, 0.15) is 73.4 Å². The highest BCUT2D eigenvalue weighted by Gasteiger charge is 2.58. The first-order chi connectivity index (χ1) is 17.5. The number of alkyl carbamates (subject to hydrolysis) is 1. The van der Waals surface area contributed by atoms with Crippen molar-refractivity contribution in [3.05, 3.63) is 71.8 Å². The van der Waals surface area contributed by atoms with Gasteiger partial charge in [-0.05, 0) is 73.4 Å². The number of amides is 1. The summed E-state index contributed by atoms with van der Waals surface area (Å²) in [5.41, 5.74) is -0.595. The minimum Gasteiger partial charge on any atom is -0.450 e. The van der Waals surface area contributed by atoms with Crippen LogP contribution in [0, 0.1) is 0 Å². The van der Waals surface area contributed by atoms with Gasteiger partial charge in [0.1, 0.15) is 12.6 Å². The maximum Gasteiger partial charge on any atom is 0.752 e. The van der Waals surface area contributed by atoms with Crippen LogP contribution in [-0.4, -0.2) is 44.0 Å². The van der Waals surface area contributed by atoms with Crippen LogP contribution in [0.3, 0.4) is 0 Å². The summed E-state index contributed by atoms with van der Waals surface area (Å²) >= 11 is 0. The van der Waals surface area contributed by atoms with Crippen LogP contribution in [0.2, 0.25) is 0 Å². The smallest absolute Gasteiger partial charge is 0.450 e. The van der Waals surface area contributed by atoms with Gasteiger partial charge in [-0.25, -0.2) is 4.79 Å². The van der Waals surface area contributed by atoms with E-state index in [-0.39, 0.29) is 13.0 Å². The van der Waals surface area contributed by atoms with E-state index in [1.807, 2.05) is 123 Å². The molecule has 0 unspecified atom stereocenters. The number of hydrogen-bond acceptors (Lipinski definition) is 7. The molecular weight excluding hydrogens is 502 g/mol. The number of nitrogens with one attached hydrogen (secondary N) is 1. The molecule has 2 aromatic rings. The number of benzene rings is 2. The summed E-state index contributed by atoms with van der Waals surface area (Å²) in [4.78, 5) is 26.5. The van der Waals surface area contributed by atoms with Gasteiger partial charge in [-0.1, -0.05) is 60.7 Å². The van der Waals surface area contributed by atoms with E-state index in [0.29, 0.717) is 0 Å². The van der Waals surface area contributed by atoms with Crippen molar-refractivity contribution >= 4 is 21.1 Å². The average Bonchev–Trinajstić information content (AvgIpc) is 2.74. The third-order valence-electron chi connectivity index (χ3n) is 4.59. The summed E-state index contributed by atoms with van der Waals surface area (Å²) in [7, 11) is -4.11. The van der Waals surface area contributed by atoms with Gasteiger partial charge in [0.25, 0.3) is 0 Å². The van der Waals surface area contributed by atoms with Crippen molar-refractivity contribution in [3.63, 3.8) is 0 Å². The Labute approximate surface area is 228 Å². The standard InChI is InChI=1S/C29H43NO7Si/c1-27(2,3)35-38(36-28(4,5)6,37-29(7,8)9)34-25(31)24(20-22-16-12-10-13-17-22)30-26(32)33-21-23-18-14-11-15-19-23/h10-19,24H,20-21H2,1-9H3,(H,30,32)/t24-/m0/s1. The highest BCUT2D eigenvalue weighted by Crippen LogP contribution is 2.30. The van der Waals surface area contributed by atoms with E-state index in [1.54, 1.807) is 0 Å². The Balaban J connectivity index is 2.35. The van der Waals surface area contributed by atoms with Crippen molar-refractivity contribution in [1.82, 2.24) is 5.32 Å². The lowest BCUT2D eigenvalue weighted by Gasteiger charge is -2.40. The average molecular weight is 546 g/mol. The van der Waals surface area contributed by atoms with Crippen molar-refractivity contribution < 1.29 is 32.0 Å². The molecule has 8 nitrogen and oxygen atoms in total. The Hall–Kier alpha value is -2.72. The minimum absolute atomic E-state index is 0.0614. The topological polar surface area (TPSA) is 92.3 Å². The minimum atomic E-state index is -4.11. The molecule has 38 heavy (non-hydrogen) atoms. The molecule has 0 saturated carbocycles. The van der Waals surface area contributed by atoms with Gasteiger partial charge in [-0.3, -0.25) is 4.79 Å². The van der Waals surface area contributed by atoms with E-state index >= 15 is 0 Å². The van der Waals surface area contributed by atoms with Gasteiger partial charge in [0, 0.05) is 6.42 Å². The van der Waals surface area contributed by atoms with E-state index in [1.165, 1.54) is 0 Å². The Morgan fingerprint density at radius 2 is 1.13 bits per heavy atom. The molecule has 0 aliphatic heterocycles. The quantitative estimate of drug-likeness (QED) is 0.369. The van der Waals surface area contributed by atoms with Gasteiger partial charge in [0.2, 0.25) is 0 Å². The molecular formula is C29H43NO7Si. The van der Waals surface area contributed by atoms with Gasteiger partial charge < -0.3 is 27.8 Å². The molecule has 0 spiro atoms. The molecule has 1 amide bonds.